The van der Waals surface area contributed by atoms with E-state index in [1.807, 2.05) is 24.3 Å². The lowest BCUT2D eigenvalue weighted by Gasteiger charge is -2.24. The highest BCUT2D eigenvalue weighted by molar-refractivity contribution is 9.10. The predicted octanol–water partition coefficient (Wildman–Crippen LogP) is 1.56. The van der Waals surface area contributed by atoms with Crippen LogP contribution >= 0.6 is 15.9 Å². The lowest BCUT2D eigenvalue weighted by atomic mass is 10.1. The van der Waals surface area contributed by atoms with Crippen molar-refractivity contribution in [3.8, 4) is 0 Å². The van der Waals surface area contributed by atoms with E-state index < -0.39 is 5.97 Å². The van der Waals surface area contributed by atoms with Gasteiger partial charge >= 0.3 is 5.97 Å². The zero-order valence-corrected chi connectivity index (χ0v) is 11.0. The first-order valence-electron chi connectivity index (χ1n) is 5.61. The van der Waals surface area contributed by atoms with Crippen LogP contribution in [0.3, 0.4) is 0 Å². The van der Waals surface area contributed by atoms with Crippen LogP contribution in [0.25, 0.3) is 0 Å². The summed E-state index contributed by atoms with van der Waals surface area (Å²) in [5.41, 5.74) is 1.06. The number of carboxylic acid groups (broad SMARTS) is 1. The maximum Gasteiger partial charge on any atom is 0.309 e. The molecule has 2 N–H and O–H groups in total. The Morgan fingerprint density at radius 2 is 2.35 bits per heavy atom. The van der Waals surface area contributed by atoms with Crippen molar-refractivity contribution in [2.45, 2.75) is 0 Å². The average Bonchev–Trinajstić information content (AvgIpc) is 2.54. The Morgan fingerprint density at radius 1 is 1.53 bits per heavy atom. The maximum absolute atomic E-state index is 11.1. The fourth-order valence-corrected chi connectivity index (χ4v) is 2.37. The molecule has 2 rings (SSSR count). The standard InChI is InChI=1S/C12H15BrN2O2/c13-10-2-1-3-11(6-10)15-5-4-14-7-9(8-15)12(16)17/h1-3,6,9,14H,4-5,7-8H2,(H,16,17). The van der Waals surface area contributed by atoms with Crippen LogP contribution in [-0.4, -0.2) is 37.3 Å². The molecule has 1 atom stereocenters. The molecule has 1 aromatic carbocycles. The van der Waals surface area contributed by atoms with Gasteiger partial charge in [0.05, 0.1) is 5.92 Å². The maximum atomic E-state index is 11.1. The minimum absolute atomic E-state index is 0.350. The van der Waals surface area contributed by atoms with Crippen LogP contribution < -0.4 is 10.2 Å². The second-order valence-electron chi connectivity index (χ2n) is 4.17. The van der Waals surface area contributed by atoms with Crippen molar-refractivity contribution in [3.63, 3.8) is 0 Å². The predicted molar refractivity (Wildman–Crippen MR) is 70.4 cm³/mol. The average molecular weight is 299 g/mol. The normalized spacial score (nSPS) is 21.0. The van der Waals surface area contributed by atoms with Gasteiger partial charge in [-0.25, -0.2) is 0 Å². The summed E-state index contributed by atoms with van der Waals surface area (Å²) in [6, 6.07) is 7.96. The quantitative estimate of drug-likeness (QED) is 0.870. The van der Waals surface area contributed by atoms with Gasteiger partial charge in [-0.05, 0) is 18.2 Å². The molecule has 17 heavy (non-hydrogen) atoms. The smallest absolute Gasteiger partial charge is 0.309 e. The Balaban J connectivity index is 2.16. The molecular weight excluding hydrogens is 284 g/mol. The van der Waals surface area contributed by atoms with Crippen LogP contribution in [0.2, 0.25) is 0 Å². The molecule has 92 valence electrons. The molecule has 1 saturated heterocycles. The summed E-state index contributed by atoms with van der Waals surface area (Å²) in [7, 11) is 0. The fraction of sp³-hybridized carbons (Fsp3) is 0.417. The van der Waals surface area contributed by atoms with Crippen LogP contribution in [0.1, 0.15) is 0 Å². The van der Waals surface area contributed by atoms with E-state index in [0.717, 1.165) is 23.2 Å². The van der Waals surface area contributed by atoms with E-state index in [4.69, 9.17) is 5.11 Å². The molecule has 0 amide bonds. The SMILES string of the molecule is O=C(O)C1CNCCN(c2cccc(Br)c2)C1. The first kappa shape index (κ1) is 12.4. The van der Waals surface area contributed by atoms with Gasteiger partial charge in [0, 0.05) is 36.3 Å². The topological polar surface area (TPSA) is 52.6 Å². The first-order valence-corrected chi connectivity index (χ1v) is 6.40. The van der Waals surface area contributed by atoms with Gasteiger partial charge in [-0.1, -0.05) is 22.0 Å². The summed E-state index contributed by atoms with van der Waals surface area (Å²) in [6.07, 6.45) is 0. The lowest BCUT2D eigenvalue weighted by molar-refractivity contribution is -0.141. The number of nitrogens with one attached hydrogen (secondary N) is 1. The number of nitrogens with zero attached hydrogens (tertiary/aromatic N) is 1. The van der Waals surface area contributed by atoms with E-state index in [0.29, 0.717) is 13.1 Å². The highest BCUT2D eigenvalue weighted by Crippen LogP contribution is 2.21. The minimum atomic E-state index is -0.737. The van der Waals surface area contributed by atoms with E-state index in [1.54, 1.807) is 0 Å². The molecule has 0 spiro atoms. The first-order chi connectivity index (χ1) is 8.16. The van der Waals surface area contributed by atoms with Gasteiger partial charge in [-0.3, -0.25) is 4.79 Å². The number of hydrogen-bond acceptors (Lipinski definition) is 3. The van der Waals surface area contributed by atoms with Gasteiger partial charge in [-0.2, -0.15) is 0 Å². The van der Waals surface area contributed by atoms with Crippen molar-refractivity contribution in [3.05, 3.63) is 28.7 Å². The molecule has 0 radical (unpaired) electrons. The molecule has 0 aromatic heterocycles. The van der Waals surface area contributed by atoms with Crippen molar-refractivity contribution >= 4 is 27.6 Å². The van der Waals surface area contributed by atoms with Crippen molar-refractivity contribution in [2.75, 3.05) is 31.1 Å². The monoisotopic (exact) mass is 298 g/mol. The highest BCUT2D eigenvalue weighted by atomic mass is 79.9. The second kappa shape index (κ2) is 5.51. The molecule has 0 aliphatic carbocycles. The summed E-state index contributed by atoms with van der Waals surface area (Å²) in [4.78, 5) is 13.2. The van der Waals surface area contributed by atoms with Gasteiger partial charge in [0.1, 0.15) is 0 Å². The van der Waals surface area contributed by atoms with Crippen molar-refractivity contribution in [1.29, 1.82) is 0 Å². The lowest BCUT2D eigenvalue weighted by Crippen LogP contribution is -2.33. The van der Waals surface area contributed by atoms with Crippen LogP contribution in [0.5, 0.6) is 0 Å². The number of hydrogen-bond donors (Lipinski definition) is 2. The molecule has 1 fully saturated rings. The molecule has 1 aromatic rings. The molecule has 1 aliphatic rings. The van der Waals surface area contributed by atoms with Crippen molar-refractivity contribution in [1.82, 2.24) is 5.32 Å². The summed E-state index contributed by atoms with van der Waals surface area (Å²) in [5, 5.41) is 12.3. The summed E-state index contributed by atoms with van der Waals surface area (Å²) in [6.45, 7) is 2.75. The van der Waals surface area contributed by atoms with Gasteiger partial charge in [0.25, 0.3) is 0 Å². The largest absolute Gasteiger partial charge is 0.481 e. The molecule has 4 nitrogen and oxygen atoms in total. The Kier molecular flexibility index (Phi) is 4.02. The number of aliphatic carboxylic acids is 1. The third-order valence-electron chi connectivity index (χ3n) is 2.91. The molecule has 1 unspecified atom stereocenters. The fourth-order valence-electron chi connectivity index (χ4n) is 1.98. The number of anilines is 1. The summed E-state index contributed by atoms with van der Waals surface area (Å²) >= 11 is 3.43. The third kappa shape index (κ3) is 3.20. The Morgan fingerprint density at radius 3 is 3.06 bits per heavy atom. The molecular formula is C12H15BrN2O2. The second-order valence-corrected chi connectivity index (χ2v) is 5.08. The van der Waals surface area contributed by atoms with Crippen molar-refractivity contribution < 1.29 is 9.90 Å². The summed E-state index contributed by atoms with van der Waals surface area (Å²) in [5.74, 6) is -1.09. The summed E-state index contributed by atoms with van der Waals surface area (Å²) < 4.78 is 1.01. The van der Waals surface area contributed by atoms with Crippen LogP contribution in [0, 0.1) is 5.92 Å². The van der Waals surface area contributed by atoms with Gasteiger partial charge in [0.15, 0.2) is 0 Å². The minimum Gasteiger partial charge on any atom is -0.481 e. The van der Waals surface area contributed by atoms with Crippen LogP contribution in [0.4, 0.5) is 5.69 Å². The van der Waals surface area contributed by atoms with E-state index in [1.165, 1.54) is 0 Å². The Hall–Kier alpha value is -1.07. The van der Waals surface area contributed by atoms with Gasteiger partial charge in [-0.15, -0.1) is 0 Å². The van der Waals surface area contributed by atoms with E-state index in [2.05, 4.69) is 26.1 Å². The zero-order valence-electron chi connectivity index (χ0n) is 9.40. The molecule has 1 heterocycles. The van der Waals surface area contributed by atoms with Crippen molar-refractivity contribution in [2.24, 2.45) is 5.92 Å². The third-order valence-corrected chi connectivity index (χ3v) is 3.41. The van der Waals surface area contributed by atoms with Gasteiger partial charge in [0.2, 0.25) is 0 Å². The van der Waals surface area contributed by atoms with E-state index >= 15 is 0 Å². The van der Waals surface area contributed by atoms with E-state index in [9.17, 15) is 4.79 Å². The number of halogens is 1. The molecule has 1 aliphatic heterocycles. The number of carbonyl (C=O) groups is 1. The molecule has 5 heteroatoms. The number of benzene rings is 1. The molecule has 0 bridgehead atoms. The number of rotatable bonds is 2. The Bertz CT molecular complexity index is 411. The van der Waals surface area contributed by atoms with Gasteiger partial charge < -0.3 is 15.3 Å². The van der Waals surface area contributed by atoms with E-state index in [-0.39, 0.29) is 5.92 Å². The highest BCUT2D eigenvalue weighted by Gasteiger charge is 2.23. The zero-order chi connectivity index (χ0) is 12.3. The molecule has 0 saturated carbocycles. The number of carboxylic acids is 1. The Labute approximate surface area is 109 Å². The van der Waals surface area contributed by atoms with Crippen LogP contribution in [0.15, 0.2) is 28.7 Å². The van der Waals surface area contributed by atoms with Crippen LogP contribution in [-0.2, 0) is 4.79 Å².